The molecule has 1 saturated carbocycles. The Morgan fingerprint density at radius 2 is 2.03 bits per heavy atom. The van der Waals surface area contributed by atoms with Crippen LogP contribution in [-0.4, -0.2) is 53.4 Å². The van der Waals surface area contributed by atoms with Crippen LogP contribution in [-0.2, 0) is 4.79 Å². The predicted molar refractivity (Wildman–Crippen MR) is 120 cm³/mol. The molecule has 5 heteroatoms. The number of hydrogen-bond donors (Lipinski definition) is 2. The number of aliphatic hydroxyl groups is 1. The van der Waals surface area contributed by atoms with Crippen molar-refractivity contribution in [2.45, 2.75) is 56.4 Å². The van der Waals surface area contributed by atoms with Crippen molar-refractivity contribution in [3.8, 4) is 0 Å². The number of nitrogens with one attached hydrogen (secondary N) is 1. The van der Waals surface area contributed by atoms with Crippen LogP contribution in [0.3, 0.4) is 0 Å². The summed E-state index contributed by atoms with van der Waals surface area (Å²) in [5.74, 6) is 1.45. The number of hydrogen-bond acceptors (Lipinski definition) is 4. The van der Waals surface area contributed by atoms with Gasteiger partial charge in [0, 0.05) is 24.4 Å². The summed E-state index contributed by atoms with van der Waals surface area (Å²) in [6.07, 6.45) is 2.58. The summed E-state index contributed by atoms with van der Waals surface area (Å²) in [6, 6.07) is 9.05. The zero-order valence-corrected chi connectivity index (χ0v) is 18.7. The third-order valence-corrected chi connectivity index (χ3v) is 8.51. The third-order valence-electron chi connectivity index (χ3n) is 7.37. The maximum atomic E-state index is 12.6. The van der Waals surface area contributed by atoms with Gasteiger partial charge < -0.3 is 15.3 Å². The monoisotopic (exact) mass is 414 g/mol. The van der Waals surface area contributed by atoms with Crippen molar-refractivity contribution in [2.24, 2.45) is 17.8 Å². The first-order valence-corrected chi connectivity index (χ1v) is 11.9. The zero-order valence-electron chi connectivity index (χ0n) is 17.9. The third kappa shape index (κ3) is 3.89. The van der Waals surface area contributed by atoms with Gasteiger partial charge in [-0.05, 0) is 54.3 Å². The quantitative estimate of drug-likeness (QED) is 0.773. The van der Waals surface area contributed by atoms with Crippen LogP contribution < -0.4 is 5.32 Å². The topological polar surface area (TPSA) is 52.6 Å². The van der Waals surface area contributed by atoms with Crippen molar-refractivity contribution < 1.29 is 9.90 Å². The highest BCUT2D eigenvalue weighted by atomic mass is 32.2. The second-order valence-electron chi connectivity index (χ2n) is 9.30. The lowest BCUT2D eigenvalue weighted by molar-refractivity contribution is -0.128. The molecule has 7 unspecified atom stereocenters. The normalized spacial score (nSPS) is 37.2. The summed E-state index contributed by atoms with van der Waals surface area (Å²) in [7, 11) is 2.16. The van der Waals surface area contributed by atoms with Gasteiger partial charge >= 0.3 is 0 Å². The molecular formula is C24H34N2O2S. The molecule has 0 bridgehead atoms. The number of rotatable bonds is 5. The van der Waals surface area contributed by atoms with Crippen LogP contribution in [0, 0.1) is 17.8 Å². The molecule has 1 amide bonds. The Morgan fingerprint density at radius 3 is 2.72 bits per heavy atom. The molecule has 2 heterocycles. The van der Waals surface area contributed by atoms with Crippen LogP contribution in [0.1, 0.15) is 50.2 Å². The first-order valence-electron chi connectivity index (χ1n) is 11.0. The van der Waals surface area contributed by atoms with E-state index in [1.165, 1.54) is 11.1 Å². The summed E-state index contributed by atoms with van der Waals surface area (Å²) in [5.41, 5.74) is 2.55. The first-order chi connectivity index (χ1) is 13.9. The van der Waals surface area contributed by atoms with Gasteiger partial charge in [0.2, 0.25) is 5.91 Å². The van der Waals surface area contributed by atoms with Gasteiger partial charge in [-0.1, -0.05) is 51.1 Å². The molecule has 2 N–H and O–H groups in total. The van der Waals surface area contributed by atoms with Crippen molar-refractivity contribution in [3.05, 3.63) is 46.9 Å². The Hall–Kier alpha value is -1.30. The lowest BCUT2D eigenvalue weighted by Gasteiger charge is -2.51. The van der Waals surface area contributed by atoms with E-state index < -0.39 is 0 Å². The second kappa shape index (κ2) is 8.44. The first kappa shape index (κ1) is 21.0. The summed E-state index contributed by atoms with van der Waals surface area (Å²) in [5, 5.41) is 16.4. The standard InChI is InChI=1S/C24H34N2O2S/c1-5-26(4)13-15(3)16-6-8-17(9-7-16)20-19(27)12-14(2)22-21(20)18-10-11-29-23(18)24(28)25-22/h6-11,14-15,18-23,27H,5,12-13H2,1-4H3,(H,25,28)/t14?,15-,18?,19?,20?,21?,22?,23?/m0/s1. The summed E-state index contributed by atoms with van der Waals surface area (Å²) in [4.78, 5) is 14.9. The molecule has 3 aliphatic rings. The fourth-order valence-electron chi connectivity index (χ4n) is 5.67. The van der Waals surface area contributed by atoms with Crippen molar-refractivity contribution in [3.63, 3.8) is 0 Å². The van der Waals surface area contributed by atoms with Gasteiger partial charge in [-0.2, -0.15) is 0 Å². The van der Waals surface area contributed by atoms with Crippen LogP contribution in [0.25, 0.3) is 0 Å². The van der Waals surface area contributed by atoms with Crippen molar-refractivity contribution in [1.82, 2.24) is 10.2 Å². The molecule has 29 heavy (non-hydrogen) atoms. The van der Waals surface area contributed by atoms with E-state index in [2.05, 4.69) is 73.8 Å². The number of nitrogens with zero attached hydrogens (tertiary/aromatic N) is 1. The molecular weight excluding hydrogens is 380 g/mol. The number of benzene rings is 1. The molecule has 1 aliphatic carbocycles. The molecule has 1 aromatic rings. The number of likely N-dealkylation sites (N-methyl/N-ethyl adjacent to an activating group) is 1. The minimum absolute atomic E-state index is 0.0415. The molecule has 1 saturated heterocycles. The second-order valence-corrected chi connectivity index (χ2v) is 10.4. The van der Waals surface area contributed by atoms with Crippen molar-refractivity contribution in [2.75, 3.05) is 20.1 Å². The number of carbonyl (C=O) groups excluding carboxylic acids is 1. The van der Waals surface area contributed by atoms with Gasteiger partial charge in [-0.15, -0.1) is 11.8 Å². The molecule has 2 aliphatic heterocycles. The molecule has 0 spiro atoms. The maximum Gasteiger partial charge on any atom is 0.234 e. The van der Waals surface area contributed by atoms with Gasteiger partial charge in [0.25, 0.3) is 0 Å². The van der Waals surface area contributed by atoms with E-state index in [4.69, 9.17) is 0 Å². The molecule has 0 aromatic heterocycles. The van der Waals surface area contributed by atoms with E-state index in [1.54, 1.807) is 11.8 Å². The Kier molecular flexibility index (Phi) is 6.10. The fraction of sp³-hybridized carbons (Fsp3) is 0.625. The maximum absolute atomic E-state index is 12.6. The van der Waals surface area contributed by atoms with Gasteiger partial charge in [0.1, 0.15) is 0 Å². The van der Waals surface area contributed by atoms with E-state index in [9.17, 15) is 9.90 Å². The van der Waals surface area contributed by atoms with Crippen molar-refractivity contribution in [1.29, 1.82) is 0 Å². The van der Waals surface area contributed by atoms with E-state index in [1.807, 2.05) is 0 Å². The highest BCUT2D eigenvalue weighted by Gasteiger charge is 2.53. The van der Waals surface area contributed by atoms with E-state index in [-0.39, 0.29) is 41.1 Å². The fourth-order valence-corrected chi connectivity index (χ4v) is 6.76. The van der Waals surface area contributed by atoms with Gasteiger partial charge in [-0.3, -0.25) is 4.79 Å². The Balaban J connectivity index is 1.61. The van der Waals surface area contributed by atoms with Crippen LogP contribution in [0.4, 0.5) is 0 Å². The van der Waals surface area contributed by atoms with E-state index in [0.717, 1.165) is 19.5 Å². The molecule has 1 aromatic carbocycles. The lowest BCUT2D eigenvalue weighted by atomic mass is 9.60. The molecule has 158 valence electrons. The van der Waals surface area contributed by atoms with Gasteiger partial charge in [0.15, 0.2) is 0 Å². The predicted octanol–water partition coefficient (Wildman–Crippen LogP) is 3.59. The minimum Gasteiger partial charge on any atom is -0.392 e. The Morgan fingerprint density at radius 1 is 1.31 bits per heavy atom. The number of amides is 1. The highest BCUT2D eigenvalue weighted by molar-refractivity contribution is 8.03. The van der Waals surface area contributed by atoms with Crippen LogP contribution >= 0.6 is 11.8 Å². The SMILES string of the molecule is CCN(C)C[C@H](C)c1ccc(C2C(O)CC(C)C3NC(=O)C4SC=CC4C32)cc1. The van der Waals surface area contributed by atoms with E-state index in [0.29, 0.717) is 11.8 Å². The van der Waals surface area contributed by atoms with Gasteiger partial charge in [0.05, 0.1) is 11.4 Å². The smallest absolute Gasteiger partial charge is 0.234 e. The Bertz CT molecular complexity index is 765. The van der Waals surface area contributed by atoms with Crippen LogP contribution in [0.15, 0.2) is 35.7 Å². The molecule has 8 atom stereocenters. The number of carbonyl (C=O) groups is 1. The van der Waals surface area contributed by atoms with Crippen LogP contribution in [0.2, 0.25) is 0 Å². The average molecular weight is 415 g/mol. The number of aliphatic hydroxyl groups excluding tert-OH is 1. The van der Waals surface area contributed by atoms with Crippen molar-refractivity contribution >= 4 is 17.7 Å². The molecule has 0 radical (unpaired) electrons. The Labute approximate surface area is 179 Å². The van der Waals surface area contributed by atoms with E-state index >= 15 is 0 Å². The molecule has 2 fully saturated rings. The molecule has 4 rings (SSSR count). The summed E-state index contributed by atoms with van der Waals surface area (Å²) >= 11 is 1.63. The summed E-state index contributed by atoms with van der Waals surface area (Å²) < 4.78 is 0. The number of thioether (sulfide) groups is 1. The lowest BCUT2D eigenvalue weighted by Crippen LogP contribution is -2.62. The number of allylic oxidation sites excluding steroid dienone is 1. The zero-order chi connectivity index (χ0) is 20.7. The summed E-state index contributed by atoms with van der Waals surface area (Å²) in [6.45, 7) is 8.72. The number of fused-ring (bicyclic) bond motifs is 3. The van der Waals surface area contributed by atoms with Crippen LogP contribution in [0.5, 0.6) is 0 Å². The minimum atomic E-state index is -0.365. The van der Waals surface area contributed by atoms with Gasteiger partial charge in [-0.25, -0.2) is 0 Å². The largest absolute Gasteiger partial charge is 0.392 e. The average Bonchev–Trinajstić information content (AvgIpc) is 3.20. The highest BCUT2D eigenvalue weighted by Crippen LogP contribution is 2.51. The number of piperidine rings is 1. The molecule has 4 nitrogen and oxygen atoms in total.